The summed E-state index contributed by atoms with van der Waals surface area (Å²) in [7, 11) is 0. The van der Waals surface area contributed by atoms with Gasteiger partial charge in [-0.05, 0) is 23.8 Å². The molecule has 0 radical (unpaired) electrons. The number of hydrogen-bond donors (Lipinski definition) is 2. The Balaban J connectivity index is 1.68. The minimum atomic E-state index is -0.0609. The van der Waals surface area contributed by atoms with Crippen molar-refractivity contribution in [2.75, 3.05) is 5.32 Å². The molecule has 0 aliphatic rings. The van der Waals surface area contributed by atoms with Crippen LogP contribution in [0.2, 0.25) is 5.02 Å². The van der Waals surface area contributed by atoms with E-state index in [1.807, 2.05) is 66.7 Å². The van der Waals surface area contributed by atoms with E-state index in [1.54, 1.807) is 12.1 Å². The largest absolute Gasteiger partial charge is 0.353 e. The molecule has 4 aromatic rings. The Morgan fingerprint density at radius 3 is 2.35 bits per heavy atom. The first-order chi connectivity index (χ1) is 12.7. The molecule has 0 fully saturated rings. The van der Waals surface area contributed by atoms with Crippen molar-refractivity contribution in [2.24, 2.45) is 0 Å². The van der Waals surface area contributed by atoms with Crippen LogP contribution in [0.3, 0.4) is 0 Å². The molecule has 0 unspecified atom stereocenters. The zero-order chi connectivity index (χ0) is 17.9. The second kappa shape index (κ2) is 7.06. The number of fused-ring (bicyclic) bond motifs is 1. The van der Waals surface area contributed by atoms with Gasteiger partial charge >= 0.3 is 0 Å². The topological polar surface area (TPSA) is 44.9 Å². The highest BCUT2D eigenvalue weighted by Crippen LogP contribution is 2.34. The van der Waals surface area contributed by atoms with Crippen molar-refractivity contribution in [1.29, 1.82) is 0 Å². The number of carbonyl (C=O) groups excluding carboxylic acids is 1. The molecule has 1 heterocycles. The molecule has 0 atom stereocenters. The first-order valence-electron chi connectivity index (χ1n) is 8.41. The lowest BCUT2D eigenvalue weighted by atomic mass is 10.1. The molecule has 26 heavy (non-hydrogen) atoms. The van der Waals surface area contributed by atoms with Crippen LogP contribution in [0.15, 0.2) is 78.9 Å². The number of anilines is 1. The molecule has 1 amide bonds. The van der Waals surface area contributed by atoms with E-state index in [9.17, 15) is 4.79 Å². The third kappa shape index (κ3) is 3.35. The SMILES string of the molecule is O=C(Cc1ccc(Cl)cc1)Nc1c(-c2ccccc2)[nH]c2ccccc12. The van der Waals surface area contributed by atoms with E-state index in [0.717, 1.165) is 33.4 Å². The zero-order valence-corrected chi connectivity index (χ0v) is 14.8. The number of carbonyl (C=O) groups is 1. The fourth-order valence-electron chi connectivity index (χ4n) is 3.06. The molecule has 128 valence electrons. The summed E-state index contributed by atoms with van der Waals surface area (Å²) in [4.78, 5) is 16.1. The van der Waals surface area contributed by atoms with Crippen molar-refractivity contribution in [3.8, 4) is 11.3 Å². The number of halogens is 1. The summed E-state index contributed by atoms with van der Waals surface area (Å²) >= 11 is 5.91. The van der Waals surface area contributed by atoms with Crippen LogP contribution in [0.25, 0.3) is 22.2 Å². The molecule has 0 aliphatic carbocycles. The van der Waals surface area contributed by atoms with Gasteiger partial charge in [0.25, 0.3) is 0 Å². The highest BCUT2D eigenvalue weighted by Gasteiger charge is 2.15. The third-order valence-corrected chi connectivity index (χ3v) is 4.56. The quantitative estimate of drug-likeness (QED) is 0.484. The Morgan fingerprint density at radius 1 is 0.885 bits per heavy atom. The van der Waals surface area contributed by atoms with Crippen LogP contribution in [0.5, 0.6) is 0 Å². The average molecular weight is 361 g/mol. The summed E-state index contributed by atoms with van der Waals surface area (Å²) in [5.74, 6) is -0.0609. The molecular weight excluding hydrogens is 344 g/mol. The molecule has 0 saturated carbocycles. The monoisotopic (exact) mass is 360 g/mol. The van der Waals surface area contributed by atoms with Crippen LogP contribution < -0.4 is 5.32 Å². The summed E-state index contributed by atoms with van der Waals surface area (Å²) in [5.41, 5.74) is 4.67. The summed E-state index contributed by atoms with van der Waals surface area (Å²) in [5, 5.41) is 4.75. The van der Waals surface area contributed by atoms with Gasteiger partial charge in [0.1, 0.15) is 0 Å². The summed E-state index contributed by atoms with van der Waals surface area (Å²) in [6.45, 7) is 0. The van der Waals surface area contributed by atoms with Crippen molar-refractivity contribution in [3.63, 3.8) is 0 Å². The van der Waals surface area contributed by atoms with Gasteiger partial charge in [-0.3, -0.25) is 4.79 Å². The van der Waals surface area contributed by atoms with Gasteiger partial charge in [-0.15, -0.1) is 0 Å². The fraction of sp³-hybridized carbons (Fsp3) is 0.0455. The number of amides is 1. The predicted octanol–water partition coefficient (Wildman–Crippen LogP) is 5.67. The van der Waals surface area contributed by atoms with Gasteiger partial charge in [0.15, 0.2) is 0 Å². The highest BCUT2D eigenvalue weighted by atomic mass is 35.5. The maximum absolute atomic E-state index is 12.6. The molecule has 0 aliphatic heterocycles. The van der Waals surface area contributed by atoms with Crippen LogP contribution in [-0.2, 0) is 11.2 Å². The molecule has 3 nitrogen and oxygen atoms in total. The third-order valence-electron chi connectivity index (χ3n) is 4.31. The van der Waals surface area contributed by atoms with Gasteiger partial charge in [-0.25, -0.2) is 0 Å². The molecule has 2 N–H and O–H groups in total. The van der Waals surface area contributed by atoms with Gasteiger partial charge in [0.2, 0.25) is 5.91 Å². The Bertz CT molecular complexity index is 1050. The van der Waals surface area contributed by atoms with E-state index >= 15 is 0 Å². The van der Waals surface area contributed by atoms with E-state index in [-0.39, 0.29) is 5.91 Å². The van der Waals surface area contributed by atoms with Crippen LogP contribution in [0, 0.1) is 0 Å². The molecule has 0 spiro atoms. The minimum absolute atomic E-state index is 0.0609. The summed E-state index contributed by atoms with van der Waals surface area (Å²) < 4.78 is 0. The van der Waals surface area contributed by atoms with Crippen molar-refractivity contribution in [1.82, 2.24) is 4.98 Å². The molecule has 1 aromatic heterocycles. The van der Waals surface area contributed by atoms with Crippen molar-refractivity contribution < 1.29 is 4.79 Å². The number of benzene rings is 3. The number of aromatic amines is 1. The highest BCUT2D eigenvalue weighted by molar-refractivity contribution is 6.30. The van der Waals surface area contributed by atoms with Crippen LogP contribution in [0.4, 0.5) is 5.69 Å². The molecule has 0 saturated heterocycles. The Labute approximate surface area is 156 Å². The Hall–Kier alpha value is -3.04. The fourth-order valence-corrected chi connectivity index (χ4v) is 3.19. The smallest absolute Gasteiger partial charge is 0.228 e. The Morgan fingerprint density at radius 2 is 1.58 bits per heavy atom. The summed E-state index contributed by atoms with van der Waals surface area (Å²) in [6, 6.07) is 25.3. The zero-order valence-electron chi connectivity index (χ0n) is 14.0. The van der Waals surface area contributed by atoms with Crippen LogP contribution in [-0.4, -0.2) is 10.9 Å². The maximum Gasteiger partial charge on any atom is 0.228 e. The lowest BCUT2D eigenvalue weighted by molar-refractivity contribution is -0.115. The van der Waals surface area contributed by atoms with Gasteiger partial charge in [0, 0.05) is 21.5 Å². The number of H-pyrrole nitrogens is 1. The van der Waals surface area contributed by atoms with E-state index in [0.29, 0.717) is 11.4 Å². The van der Waals surface area contributed by atoms with Crippen molar-refractivity contribution in [3.05, 3.63) is 89.4 Å². The second-order valence-corrected chi connectivity index (χ2v) is 6.57. The van der Waals surface area contributed by atoms with E-state index < -0.39 is 0 Å². The first-order valence-corrected chi connectivity index (χ1v) is 8.79. The van der Waals surface area contributed by atoms with Crippen molar-refractivity contribution in [2.45, 2.75) is 6.42 Å². The lowest BCUT2D eigenvalue weighted by Crippen LogP contribution is -2.14. The number of para-hydroxylation sites is 1. The number of hydrogen-bond acceptors (Lipinski definition) is 1. The van der Waals surface area contributed by atoms with E-state index in [4.69, 9.17) is 11.6 Å². The van der Waals surface area contributed by atoms with E-state index in [2.05, 4.69) is 10.3 Å². The van der Waals surface area contributed by atoms with E-state index in [1.165, 1.54) is 0 Å². The maximum atomic E-state index is 12.6. The van der Waals surface area contributed by atoms with Gasteiger partial charge in [-0.2, -0.15) is 0 Å². The molecule has 4 heteroatoms. The summed E-state index contributed by atoms with van der Waals surface area (Å²) in [6.07, 6.45) is 0.297. The standard InChI is InChI=1S/C22H17ClN2O/c23-17-12-10-15(11-13-17)14-20(26)25-22-18-8-4-5-9-19(18)24-21(22)16-6-2-1-3-7-16/h1-13,24H,14H2,(H,25,26). The number of nitrogens with one attached hydrogen (secondary N) is 2. The normalized spacial score (nSPS) is 10.8. The molecular formula is C22H17ClN2O. The lowest BCUT2D eigenvalue weighted by Gasteiger charge is -2.08. The number of aromatic nitrogens is 1. The Kier molecular flexibility index (Phi) is 4.46. The van der Waals surface area contributed by atoms with Crippen LogP contribution >= 0.6 is 11.6 Å². The van der Waals surface area contributed by atoms with Gasteiger partial charge in [0.05, 0.1) is 17.8 Å². The van der Waals surface area contributed by atoms with Crippen molar-refractivity contribution >= 4 is 34.1 Å². The average Bonchev–Trinajstić information content (AvgIpc) is 3.03. The van der Waals surface area contributed by atoms with Gasteiger partial charge < -0.3 is 10.3 Å². The molecule has 4 rings (SSSR count). The predicted molar refractivity (Wildman–Crippen MR) is 108 cm³/mol. The minimum Gasteiger partial charge on any atom is -0.353 e. The number of rotatable bonds is 4. The second-order valence-electron chi connectivity index (χ2n) is 6.14. The molecule has 3 aromatic carbocycles. The van der Waals surface area contributed by atoms with Gasteiger partial charge in [-0.1, -0.05) is 72.3 Å². The van der Waals surface area contributed by atoms with Crippen LogP contribution in [0.1, 0.15) is 5.56 Å². The molecule has 0 bridgehead atoms. The first kappa shape index (κ1) is 16.4.